The van der Waals surface area contributed by atoms with Crippen molar-refractivity contribution >= 4 is 25.7 Å². The summed E-state index contributed by atoms with van der Waals surface area (Å²) in [4.78, 5) is 12.7. The van der Waals surface area contributed by atoms with E-state index in [-0.39, 0.29) is 29.0 Å². The summed E-state index contributed by atoms with van der Waals surface area (Å²) in [5.41, 5.74) is 1.42. The van der Waals surface area contributed by atoms with E-state index in [1.807, 2.05) is 13.8 Å². The SMILES string of the molecule is CC.CC12CCC3C4CCC(O)CC4=CCC3C1CCC2C(=O)CSS(=O)(=O)O. The number of fused-ring (bicyclic) bond motifs is 5. The van der Waals surface area contributed by atoms with Crippen molar-refractivity contribution in [1.29, 1.82) is 0 Å². The molecule has 4 aliphatic rings. The zero-order chi connectivity index (χ0) is 21.4. The van der Waals surface area contributed by atoms with Crippen LogP contribution in [0.15, 0.2) is 11.6 Å². The lowest BCUT2D eigenvalue weighted by atomic mass is 9.51. The Morgan fingerprint density at radius 2 is 1.90 bits per heavy atom. The summed E-state index contributed by atoms with van der Waals surface area (Å²) >= 11 is 0. The van der Waals surface area contributed by atoms with Crippen molar-refractivity contribution in [3.63, 3.8) is 0 Å². The van der Waals surface area contributed by atoms with Crippen molar-refractivity contribution < 1.29 is 22.9 Å². The molecule has 0 spiro atoms. The van der Waals surface area contributed by atoms with E-state index in [4.69, 9.17) is 4.55 Å². The van der Waals surface area contributed by atoms with Gasteiger partial charge in [-0.05, 0) is 80.5 Å². The van der Waals surface area contributed by atoms with Gasteiger partial charge >= 0.3 is 9.15 Å². The first kappa shape index (κ1) is 23.3. The fourth-order valence-electron chi connectivity index (χ4n) is 7.01. The van der Waals surface area contributed by atoms with Crippen LogP contribution in [0.4, 0.5) is 0 Å². The molecule has 2 N–H and O–H groups in total. The van der Waals surface area contributed by atoms with Crippen molar-refractivity contribution in [3.8, 4) is 0 Å². The van der Waals surface area contributed by atoms with E-state index in [1.165, 1.54) is 5.57 Å². The Bertz CT molecular complexity index is 746. The summed E-state index contributed by atoms with van der Waals surface area (Å²) < 4.78 is 30.9. The van der Waals surface area contributed by atoms with E-state index >= 15 is 0 Å². The average Bonchev–Trinajstić information content (AvgIpc) is 3.04. The number of allylic oxidation sites excluding steroid dienone is 1. The van der Waals surface area contributed by atoms with E-state index in [0.717, 1.165) is 51.4 Å². The summed E-state index contributed by atoms with van der Waals surface area (Å²) in [5, 5.41) is 10.00. The zero-order valence-electron chi connectivity index (χ0n) is 17.8. The molecule has 0 heterocycles. The maximum atomic E-state index is 12.7. The predicted molar refractivity (Wildman–Crippen MR) is 117 cm³/mol. The van der Waals surface area contributed by atoms with Crippen molar-refractivity contribution in [1.82, 2.24) is 0 Å². The molecule has 0 amide bonds. The van der Waals surface area contributed by atoms with Crippen LogP contribution in [0.2, 0.25) is 0 Å². The molecule has 0 aromatic rings. The van der Waals surface area contributed by atoms with Crippen LogP contribution in [0.1, 0.15) is 72.1 Å². The molecule has 7 atom stereocenters. The number of carbonyl (C=O) groups excluding carboxylic acids is 1. The predicted octanol–water partition coefficient (Wildman–Crippen LogP) is 4.67. The molecule has 4 rings (SSSR count). The second-order valence-corrected chi connectivity index (χ2v) is 12.7. The van der Waals surface area contributed by atoms with Crippen molar-refractivity contribution in [3.05, 3.63) is 11.6 Å². The minimum atomic E-state index is -4.17. The van der Waals surface area contributed by atoms with Gasteiger partial charge in [-0.15, -0.1) is 0 Å². The number of rotatable bonds is 4. The summed E-state index contributed by atoms with van der Waals surface area (Å²) in [5.74, 6) is 2.17. The first-order valence-electron chi connectivity index (χ1n) is 11.2. The molecule has 0 aromatic heterocycles. The third-order valence-electron chi connectivity index (χ3n) is 8.16. The van der Waals surface area contributed by atoms with Gasteiger partial charge in [-0.25, -0.2) is 0 Å². The molecule has 0 aliphatic heterocycles. The van der Waals surface area contributed by atoms with Crippen LogP contribution in [-0.4, -0.2) is 35.7 Å². The number of hydrogen-bond acceptors (Lipinski definition) is 5. The second-order valence-electron chi connectivity index (χ2n) is 9.32. The molecule has 0 bridgehead atoms. The van der Waals surface area contributed by atoms with Crippen LogP contribution >= 0.6 is 10.8 Å². The van der Waals surface area contributed by atoms with Gasteiger partial charge in [0.25, 0.3) is 0 Å². The molecule has 166 valence electrons. The normalized spacial score (nSPS) is 41.2. The van der Waals surface area contributed by atoms with Gasteiger partial charge in [0.1, 0.15) is 5.78 Å². The summed E-state index contributed by atoms with van der Waals surface area (Å²) in [6.07, 6.45) is 10.1. The Kier molecular flexibility index (Phi) is 7.24. The minimum absolute atomic E-state index is 0.0195. The molecular formula is C22H36O5S2. The van der Waals surface area contributed by atoms with Crippen LogP contribution < -0.4 is 0 Å². The summed E-state index contributed by atoms with van der Waals surface area (Å²) in [7, 11) is -3.82. The van der Waals surface area contributed by atoms with Crippen molar-refractivity contribution in [2.45, 2.75) is 78.2 Å². The molecule has 29 heavy (non-hydrogen) atoms. The van der Waals surface area contributed by atoms with Gasteiger partial charge in [0.2, 0.25) is 0 Å². The molecule has 0 saturated heterocycles. The van der Waals surface area contributed by atoms with Crippen molar-refractivity contribution in [2.75, 3.05) is 5.75 Å². The molecule has 0 radical (unpaired) electrons. The lowest BCUT2D eigenvalue weighted by molar-refractivity contribution is -0.126. The van der Waals surface area contributed by atoms with Crippen LogP contribution in [0.5, 0.6) is 0 Å². The highest BCUT2D eigenvalue weighted by molar-refractivity contribution is 8.70. The minimum Gasteiger partial charge on any atom is -0.393 e. The van der Waals surface area contributed by atoms with E-state index in [2.05, 4.69) is 13.0 Å². The number of Topliss-reactive ketones (excluding diaryl/α,β-unsaturated/α-hetero) is 1. The van der Waals surface area contributed by atoms with E-state index in [1.54, 1.807) is 0 Å². The zero-order valence-corrected chi connectivity index (χ0v) is 19.5. The maximum Gasteiger partial charge on any atom is 0.320 e. The van der Waals surface area contributed by atoms with E-state index in [9.17, 15) is 18.3 Å². The largest absolute Gasteiger partial charge is 0.393 e. The molecule has 7 unspecified atom stereocenters. The first-order chi connectivity index (χ1) is 13.7. The highest BCUT2D eigenvalue weighted by Gasteiger charge is 2.57. The van der Waals surface area contributed by atoms with Gasteiger partial charge < -0.3 is 5.11 Å². The molecule has 5 nitrogen and oxygen atoms in total. The number of aliphatic hydroxyl groups excluding tert-OH is 1. The van der Waals surface area contributed by atoms with Crippen LogP contribution in [-0.2, 0) is 13.9 Å². The van der Waals surface area contributed by atoms with Gasteiger partial charge in [-0.1, -0.05) is 32.4 Å². The summed E-state index contributed by atoms with van der Waals surface area (Å²) in [6, 6.07) is 0. The Hall–Kier alpha value is -0.370. The molecule has 7 heteroatoms. The number of hydrogen-bond donors (Lipinski definition) is 2. The molecular weight excluding hydrogens is 408 g/mol. The lowest BCUT2D eigenvalue weighted by Gasteiger charge is -2.53. The fourth-order valence-corrected chi connectivity index (χ4v) is 8.27. The average molecular weight is 445 g/mol. The Morgan fingerprint density at radius 1 is 1.17 bits per heavy atom. The highest BCUT2D eigenvalue weighted by atomic mass is 33.1. The third-order valence-corrected chi connectivity index (χ3v) is 10.1. The standard InChI is InChI=1S/C20H30O5S2.C2H6/c1-20-9-8-15-14-5-3-13(21)10-12(14)2-4-16(15)17(20)6-7-18(20)19(22)11-26-27(23,24)25;1-2/h2,13-18,21H,3-11H2,1H3,(H,23,24,25);1-2H3. The van der Waals surface area contributed by atoms with Crippen LogP contribution in [0.3, 0.4) is 0 Å². The first-order valence-corrected chi connectivity index (χ1v) is 14.1. The van der Waals surface area contributed by atoms with Crippen molar-refractivity contribution in [2.24, 2.45) is 35.0 Å². The Labute approximate surface area is 179 Å². The Balaban J connectivity index is 0.00000117. The van der Waals surface area contributed by atoms with Gasteiger partial charge in [0, 0.05) is 16.7 Å². The Morgan fingerprint density at radius 3 is 2.59 bits per heavy atom. The van der Waals surface area contributed by atoms with Gasteiger partial charge in [-0.3, -0.25) is 9.35 Å². The quantitative estimate of drug-likeness (QED) is 0.372. The second kappa shape index (κ2) is 9.01. The van der Waals surface area contributed by atoms with Crippen LogP contribution in [0, 0.1) is 35.0 Å². The highest BCUT2D eigenvalue weighted by Crippen LogP contribution is 2.63. The molecule has 3 saturated carbocycles. The monoisotopic (exact) mass is 444 g/mol. The lowest BCUT2D eigenvalue weighted by Crippen LogP contribution is -2.47. The number of ketones is 1. The van der Waals surface area contributed by atoms with Gasteiger partial charge in [-0.2, -0.15) is 8.42 Å². The maximum absolute atomic E-state index is 12.7. The van der Waals surface area contributed by atoms with Crippen LogP contribution in [0.25, 0.3) is 0 Å². The topological polar surface area (TPSA) is 91.7 Å². The smallest absolute Gasteiger partial charge is 0.320 e. The summed E-state index contributed by atoms with van der Waals surface area (Å²) in [6.45, 7) is 6.24. The number of aliphatic hydroxyl groups is 1. The third kappa shape index (κ3) is 4.63. The van der Waals surface area contributed by atoms with E-state index < -0.39 is 9.15 Å². The van der Waals surface area contributed by atoms with E-state index in [0.29, 0.717) is 34.5 Å². The molecule has 0 aromatic carbocycles. The van der Waals surface area contributed by atoms with Gasteiger partial charge in [0.15, 0.2) is 0 Å². The molecule has 4 aliphatic carbocycles. The fraction of sp³-hybridized carbons (Fsp3) is 0.864. The van der Waals surface area contributed by atoms with Gasteiger partial charge in [0.05, 0.1) is 11.9 Å². The number of carbonyl (C=O) groups is 1. The molecule has 3 fully saturated rings.